The van der Waals surface area contributed by atoms with Gasteiger partial charge < -0.3 is 5.32 Å². The van der Waals surface area contributed by atoms with Gasteiger partial charge in [0.25, 0.3) is 5.56 Å². The van der Waals surface area contributed by atoms with Crippen molar-refractivity contribution in [3.8, 4) is 10.6 Å². The number of thiophene rings is 1. The summed E-state index contributed by atoms with van der Waals surface area (Å²) in [6.45, 7) is 5.60. The summed E-state index contributed by atoms with van der Waals surface area (Å²) in [4.78, 5) is 24.6. The van der Waals surface area contributed by atoms with Gasteiger partial charge in [0.1, 0.15) is 12.2 Å². The van der Waals surface area contributed by atoms with E-state index in [1.807, 2.05) is 38.3 Å². The lowest BCUT2D eigenvalue weighted by Crippen LogP contribution is -2.43. The van der Waals surface area contributed by atoms with Crippen molar-refractivity contribution in [3.05, 3.63) is 40.0 Å². The molecule has 0 saturated heterocycles. The lowest BCUT2D eigenvalue weighted by atomic mass is 10.1. The molecule has 1 N–H and O–H groups in total. The number of aromatic nitrogens is 2. The Morgan fingerprint density at radius 1 is 1.35 bits per heavy atom. The van der Waals surface area contributed by atoms with Gasteiger partial charge in [-0.2, -0.15) is 5.10 Å². The van der Waals surface area contributed by atoms with Gasteiger partial charge in [0.2, 0.25) is 5.91 Å². The molecule has 0 atom stereocenters. The summed E-state index contributed by atoms with van der Waals surface area (Å²) in [7, 11) is 0. The maximum Gasteiger partial charge on any atom is 0.267 e. The number of nitrogens with zero attached hydrogens (tertiary/aromatic N) is 2. The predicted molar refractivity (Wildman–Crippen MR) is 79.7 cm³/mol. The first-order valence-electron chi connectivity index (χ1n) is 6.28. The fourth-order valence-corrected chi connectivity index (χ4v) is 2.40. The molecule has 2 rings (SSSR count). The molecule has 20 heavy (non-hydrogen) atoms. The normalized spacial score (nSPS) is 11.3. The molecule has 0 spiro atoms. The van der Waals surface area contributed by atoms with Crippen molar-refractivity contribution < 1.29 is 4.79 Å². The fourth-order valence-electron chi connectivity index (χ4n) is 1.71. The largest absolute Gasteiger partial charge is 0.350 e. The minimum absolute atomic E-state index is 0.0741. The molecule has 0 saturated carbocycles. The smallest absolute Gasteiger partial charge is 0.267 e. The maximum atomic E-state index is 11.9. The van der Waals surface area contributed by atoms with Crippen LogP contribution in [0.1, 0.15) is 20.8 Å². The minimum Gasteiger partial charge on any atom is -0.350 e. The highest BCUT2D eigenvalue weighted by Crippen LogP contribution is 2.20. The summed E-state index contributed by atoms with van der Waals surface area (Å²) in [6, 6.07) is 6.96. The molecule has 0 bridgehead atoms. The molecular formula is C14H17N3O2S. The van der Waals surface area contributed by atoms with Crippen LogP contribution in [0.3, 0.4) is 0 Å². The van der Waals surface area contributed by atoms with Gasteiger partial charge in [-0.1, -0.05) is 6.07 Å². The quantitative estimate of drug-likeness (QED) is 0.939. The SMILES string of the molecule is CC(C)(C)NC(=O)Cn1nc(-c2cccs2)ccc1=O. The molecule has 0 fully saturated rings. The minimum atomic E-state index is -0.327. The summed E-state index contributed by atoms with van der Waals surface area (Å²) < 4.78 is 1.19. The summed E-state index contributed by atoms with van der Waals surface area (Å²) in [6.07, 6.45) is 0. The topological polar surface area (TPSA) is 64.0 Å². The molecule has 0 aliphatic carbocycles. The second-order valence-corrected chi connectivity index (χ2v) is 6.44. The molecule has 2 aromatic heterocycles. The van der Waals surface area contributed by atoms with Crippen LogP contribution in [0.2, 0.25) is 0 Å². The first kappa shape index (κ1) is 14.5. The number of carbonyl (C=O) groups excluding carboxylic acids is 1. The molecule has 0 radical (unpaired) electrons. The van der Waals surface area contributed by atoms with Gasteiger partial charge >= 0.3 is 0 Å². The van der Waals surface area contributed by atoms with E-state index in [9.17, 15) is 9.59 Å². The summed E-state index contributed by atoms with van der Waals surface area (Å²) in [5.41, 5.74) is 0.0870. The average molecular weight is 291 g/mol. The lowest BCUT2D eigenvalue weighted by Gasteiger charge is -2.20. The van der Waals surface area contributed by atoms with Crippen LogP contribution in [0.4, 0.5) is 0 Å². The molecule has 0 unspecified atom stereocenters. The highest BCUT2D eigenvalue weighted by molar-refractivity contribution is 7.13. The molecule has 2 heterocycles. The van der Waals surface area contributed by atoms with Crippen LogP contribution in [0.5, 0.6) is 0 Å². The first-order chi connectivity index (χ1) is 9.35. The fraction of sp³-hybridized carbons (Fsp3) is 0.357. The molecule has 6 heteroatoms. The Morgan fingerprint density at radius 3 is 2.70 bits per heavy atom. The number of carbonyl (C=O) groups is 1. The number of nitrogens with one attached hydrogen (secondary N) is 1. The zero-order valence-corrected chi connectivity index (χ0v) is 12.5. The van der Waals surface area contributed by atoms with E-state index in [1.165, 1.54) is 10.7 Å². The second kappa shape index (κ2) is 5.58. The van der Waals surface area contributed by atoms with Gasteiger partial charge in [-0.3, -0.25) is 9.59 Å². The van der Waals surface area contributed by atoms with E-state index in [2.05, 4.69) is 10.4 Å². The van der Waals surface area contributed by atoms with Crippen LogP contribution < -0.4 is 10.9 Å². The molecule has 0 aromatic carbocycles. The summed E-state index contributed by atoms with van der Waals surface area (Å²) in [5.74, 6) is -0.226. The number of hydrogen-bond donors (Lipinski definition) is 1. The van der Waals surface area contributed by atoms with E-state index in [0.717, 1.165) is 4.88 Å². The Kier molecular flexibility index (Phi) is 4.04. The molecular weight excluding hydrogens is 274 g/mol. The lowest BCUT2D eigenvalue weighted by molar-refractivity contribution is -0.123. The van der Waals surface area contributed by atoms with E-state index in [-0.39, 0.29) is 23.6 Å². The van der Waals surface area contributed by atoms with Crippen molar-refractivity contribution in [2.45, 2.75) is 32.9 Å². The van der Waals surface area contributed by atoms with Crippen molar-refractivity contribution in [3.63, 3.8) is 0 Å². The third-order valence-corrected chi connectivity index (χ3v) is 3.34. The summed E-state index contributed by atoms with van der Waals surface area (Å²) in [5, 5.41) is 8.99. The van der Waals surface area contributed by atoms with E-state index < -0.39 is 0 Å². The van der Waals surface area contributed by atoms with Gasteiger partial charge in [-0.15, -0.1) is 11.3 Å². The number of amides is 1. The van der Waals surface area contributed by atoms with Gasteiger partial charge in [0.05, 0.1) is 4.88 Å². The van der Waals surface area contributed by atoms with Crippen LogP contribution in [0.25, 0.3) is 10.6 Å². The van der Waals surface area contributed by atoms with Gasteiger partial charge in [0, 0.05) is 11.6 Å². The number of hydrogen-bond acceptors (Lipinski definition) is 4. The van der Waals surface area contributed by atoms with E-state index in [1.54, 1.807) is 17.4 Å². The molecule has 2 aromatic rings. The maximum absolute atomic E-state index is 11.9. The van der Waals surface area contributed by atoms with Crippen LogP contribution in [0.15, 0.2) is 34.4 Å². The molecule has 106 valence electrons. The number of rotatable bonds is 3. The van der Waals surface area contributed by atoms with Crippen molar-refractivity contribution in [1.29, 1.82) is 0 Å². The van der Waals surface area contributed by atoms with Crippen molar-refractivity contribution in [1.82, 2.24) is 15.1 Å². The zero-order valence-electron chi connectivity index (χ0n) is 11.7. The summed E-state index contributed by atoms with van der Waals surface area (Å²) >= 11 is 1.54. The molecule has 5 nitrogen and oxygen atoms in total. The van der Waals surface area contributed by atoms with Crippen LogP contribution in [-0.2, 0) is 11.3 Å². The van der Waals surface area contributed by atoms with Crippen LogP contribution >= 0.6 is 11.3 Å². The van der Waals surface area contributed by atoms with E-state index in [0.29, 0.717) is 5.69 Å². The van der Waals surface area contributed by atoms with E-state index >= 15 is 0 Å². The Bertz CT molecular complexity index is 654. The Balaban J connectivity index is 2.22. The Labute approximate surface area is 121 Å². The standard InChI is InChI=1S/C14H17N3O2S/c1-14(2,3)15-12(18)9-17-13(19)7-6-10(16-17)11-5-4-8-20-11/h4-8H,9H2,1-3H3,(H,15,18). The van der Waals surface area contributed by atoms with Gasteiger partial charge in [-0.05, 0) is 38.3 Å². The second-order valence-electron chi connectivity index (χ2n) is 5.49. The van der Waals surface area contributed by atoms with Gasteiger partial charge in [0.15, 0.2) is 0 Å². The van der Waals surface area contributed by atoms with Crippen molar-refractivity contribution in [2.75, 3.05) is 0 Å². The Morgan fingerprint density at radius 2 is 2.10 bits per heavy atom. The monoisotopic (exact) mass is 291 g/mol. The van der Waals surface area contributed by atoms with Crippen LogP contribution in [-0.4, -0.2) is 21.2 Å². The van der Waals surface area contributed by atoms with Crippen LogP contribution in [0, 0.1) is 0 Å². The highest BCUT2D eigenvalue weighted by atomic mass is 32.1. The van der Waals surface area contributed by atoms with E-state index in [4.69, 9.17) is 0 Å². The molecule has 0 aliphatic rings. The third-order valence-electron chi connectivity index (χ3n) is 2.45. The highest BCUT2D eigenvalue weighted by Gasteiger charge is 2.15. The first-order valence-corrected chi connectivity index (χ1v) is 7.16. The van der Waals surface area contributed by atoms with Crippen molar-refractivity contribution >= 4 is 17.2 Å². The predicted octanol–water partition coefficient (Wildman–Crippen LogP) is 1.89. The zero-order chi connectivity index (χ0) is 14.8. The molecule has 0 aliphatic heterocycles. The molecule has 1 amide bonds. The van der Waals surface area contributed by atoms with Gasteiger partial charge in [-0.25, -0.2) is 4.68 Å². The Hall–Kier alpha value is -1.95. The third kappa shape index (κ3) is 3.77. The van der Waals surface area contributed by atoms with Crippen molar-refractivity contribution in [2.24, 2.45) is 0 Å². The average Bonchev–Trinajstić information content (AvgIpc) is 2.83.